The number of allylic oxidation sites excluding steroid dienone is 3. The fourth-order valence-electron chi connectivity index (χ4n) is 3.75. The first-order valence-electron chi connectivity index (χ1n) is 10.0. The number of aromatic nitrogens is 1. The van der Waals surface area contributed by atoms with Gasteiger partial charge >= 0.3 is 5.97 Å². The Balaban J connectivity index is 1.84. The summed E-state index contributed by atoms with van der Waals surface area (Å²) >= 11 is 0. The van der Waals surface area contributed by atoms with E-state index in [4.69, 9.17) is 4.74 Å². The van der Waals surface area contributed by atoms with Crippen molar-refractivity contribution in [2.24, 2.45) is 0 Å². The molecule has 1 aliphatic heterocycles. The molecular formula is C23H24N4O5. The van der Waals surface area contributed by atoms with Gasteiger partial charge in [0.25, 0.3) is 11.6 Å². The number of hydrogen-bond acceptors (Lipinski definition) is 7. The summed E-state index contributed by atoms with van der Waals surface area (Å²) in [6, 6.07) is 9.60. The Morgan fingerprint density at radius 1 is 1.25 bits per heavy atom. The SMILES string of the molecule is COC(=O)C1=C(C)N(CCNC(=O)c2cccnc2)C(C)=CC1c1cccc([N+](=O)[O-])c1. The number of hydrogen-bond donors (Lipinski definition) is 1. The highest BCUT2D eigenvalue weighted by Gasteiger charge is 2.31. The molecule has 1 N–H and O–H groups in total. The molecule has 0 radical (unpaired) electrons. The van der Waals surface area contributed by atoms with Gasteiger partial charge in [-0.15, -0.1) is 0 Å². The van der Waals surface area contributed by atoms with E-state index >= 15 is 0 Å². The van der Waals surface area contributed by atoms with Crippen molar-refractivity contribution in [2.75, 3.05) is 20.2 Å². The number of esters is 1. The van der Waals surface area contributed by atoms with Crippen LogP contribution in [0.1, 0.15) is 35.7 Å². The zero-order valence-corrected chi connectivity index (χ0v) is 18.1. The largest absolute Gasteiger partial charge is 0.466 e. The predicted molar refractivity (Wildman–Crippen MR) is 118 cm³/mol. The molecule has 1 amide bonds. The summed E-state index contributed by atoms with van der Waals surface area (Å²) < 4.78 is 5.01. The normalized spacial score (nSPS) is 15.8. The lowest BCUT2D eigenvalue weighted by atomic mass is 9.86. The third-order valence-corrected chi connectivity index (χ3v) is 5.33. The predicted octanol–water partition coefficient (Wildman–Crippen LogP) is 3.17. The second kappa shape index (κ2) is 9.86. The first-order valence-corrected chi connectivity index (χ1v) is 10.0. The van der Waals surface area contributed by atoms with Crippen molar-refractivity contribution in [2.45, 2.75) is 19.8 Å². The molecular weight excluding hydrogens is 412 g/mol. The van der Waals surface area contributed by atoms with E-state index in [0.717, 1.165) is 5.70 Å². The first kappa shape index (κ1) is 22.7. The molecule has 1 atom stereocenters. The Bertz CT molecular complexity index is 1090. The van der Waals surface area contributed by atoms with Crippen LogP contribution in [0.4, 0.5) is 5.69 Å². The second-order valence-electron chi connectivity index (χ2n) is 7.28. The molecule has 0 aliphatic carbocycles. The van der Waals surface area contributed by atoms with Gasteiger partial charge in [-0.1, -0.05) is 18.2 Å². The summed E-state index contributed by atoms with van der Waals surface area (Å²) in [4.78, 5) is 41.5. The average Bonchev–Trinajstić information content (AvgIpc) is 2.80. The molecule has 0 fully saturated rings. The fraction of sp³-hybridized carbons (Fsp3) is 0.261. The van der Waals surface area contributed by atoms with Crippen molar-refractivity contribution < 1.29 is 19.2 Å². The first-order chi connectivity index (χ1) is 15.3. The summed E-state index contributed by atoms with van der Waals surface area (Å²) in [5.74, 6) is -1.23. The van der Waals surface area contributed by atoms with Crippen LogP contribution in [0.5, 0.6) is 0 Å². The number of nitro groups is 1. The molecule has 1 aromatic carbocycles. The van der Waals surface area contributed by atoms with E-state index in [-0.39, 0.29) is 11.6 Å². The molecule has 32 heavy (non-hydrogen) atoms. The fourth-order valence-corrected chi connectivity index (χ4v) is 3.75. The Morgan fingerprint density at radius 2 is 2.03 bits per heavy atom. The maximum absolute atomic E-state index is 12.7. The van der Waals surface area contributed by atoms with E-state index in [1.54, 1.807) is 37.4 Å². The van der Waals surface area contributed by atoms with E-state index in [2.05, 4.69) is 10.3 Å². The van der Waals surface area contributed by atoms with Crippen molar-refractivity contribution in [3.63, 3.8) is 0 Å². The maximum Gasteiger partial charge on any atom is 0.336 e. The van der Waals surface area contributed by atoms with Crippen LogP contribution in [0.2, 0.25) is 0 Å². The molecule has 0 bridgehead atoms. The number of nitrogens with one attached hydrogen (secondary N) is 1. The van der Waals surface area contributed by atoms with Crippen molar-refractivity contribution in [1.29, 1.82) is 0 Å². The van der Waals surface area contributed by atoms with Crippen molar-refractivity contribution in [3.05, 3.63) is 93.1 Å². The van der Waals surface area contributed by atoms with Crippen LogP contribution in [0.3, 0.4) is 0 Å². The number of non-ortho nitro benzene ring substituents is 1. The lowest BCUT2D eigenvalue weighted by Crippen LogP contribution is -2.36. The number of amides is 1. The van der Waals surface area contributed by atoms with Crippen molar-refractivity contribution >= 4 is 17.6 Å². The number of carbonyl (C=O) groups is 2. The molecule has 1 aromatic heterocycles. The number of rotatable bonds is 7. The van der Waals surface area contributed by atoms with E-state index in [0.29, 0.717) is 35.5 Å². The maximum atomic E-state index is 12.7. The molecule has 1 aliphatic rings. The van der Waals surface area contributed by atoms with Crippen LogP contribution in [0.25, 0.3) is 0 Å². The summed E-state index contributed by atoms with van der Waals surface area (Å²) in [5, 5.41) is 14.1. The molecule has 3 rings (SSSR count). The molecule has 9 heteroatoms. The summed E-state index contributed by atoms with van der Waals surface area (Å²) in [7, 11) is 1.30. The second-order valence-corrected chi connectivity index (χ2v) is 7.28. The van der Waals surface area contributed by atoms with E-state index in [1.807, 2.05) is 17.9 Å². The number of ether oxygens (including phenoxy) is 1. The molecule has 9 nitrogen and oxygen atoms in total. The molecule has 2 aromatic rings. The number of nitro benzene ring substituents is 1. The van der Waals surface area contributed by atoms with Gasteiger partial charge in [0.05, 0.1) is 23.2 Å². The number of pyridine rings is 1. The van der Waals surface area contributed by atoms with Gasteiger partial charge in [0.15, 0.2) is 0 Å². The van der Waals surface area contributed by atoms with Crippen LogP contribution in [0.15, 0.2) is 71.8 Å². The molecule has 166 valence electrons. The number of carbonyl (C=O) groups excluding carboxylic acids is 2. The standard InChI is InChI=1S/C23H24N4O5/c1-15-12-20(17-6-4-8-19(13-17)27(30)31)21(23(29)32-3)16(2)26(15)11-10-25-22(28)18-7-5-9-24-14-18/h4-9,12-14,20H,10-11H2,1-3H3,(H,25,28). The van der Waals surface area contributed by atoms with Gasteiger partial charge in [0, 0.05) is 54.9 Å². The van der Waals surface area contributed by atoms with Crippen LogP contribution in [-0.2, 0) is 9.53 Å². The van der Waals surface area contributed by atoms with Gasteiger partial charge in [-0.05, 0) is 31.5 Å². The van der Waals surface area contributed by atoms with Crippen LogP contribution in [-0.4, -0.2) is 46.9 Å². The van der Waals surface area contributed by atoms with Crippen molar-refractivity contribution in [3.8, 4) is 0 Å². The van der Waals surface area contributed by atoms with E-state index in [1.165, 1.54) is 25.4 Å². The number of benzene rings is 1. The average molecular weight is 436 g/mol. The number of nitrogens with zero attached hydrogens (tertiary/aromatic N) is 3. The molecule has 2 heterocycles. The quantitative estimate of drug-likeness (QED) is 0.403. The third-order valence-electron chi connectivity index (χ3n) is 5.33. The molecule has 1 unspecified atom stereocenters. The van der Waals surface area contributed by atoms with Gasteiger partial charge in [-0.25, -0.2) is 4.79 Å². The lowest BCUT2D eigenvalue weighted by Gasteiger charge is -2.35. The van der Waals surface area contributed by atoms with E-state index in [9.17, 15) is 19.7 Å². The minimum absolute atomic E-state index is 0.0454. The Hall–Kier alpha value is -4.01. The highest BCUT2D eigenvalue weighted by Crippen LogP contribution is 2.37. The third kappa shape index (κ3) is 4.83. The van der Waals surface area contributed by atoms with Gasteiger partial charge in [0.2, 0.25) is 0 Å². The van der Waals surface area contributed by atoms with Crippen LogP contribution < -0.4 is 5.32 Å². The number of methoxy groups -OCH3 is 1. The highest BCUT2D eigenvalue weighted by atomic mass is 16.6. The monoisotopic (exact) mass is 436 g/mol. The van der Waals surface area contributed by atoms with Gasteiger partial charge in [-0.3, -0.25) is 19.9 Å². The minimum atomic E-state index is -0.507. The van der Waals surface area contributed by atoms with E-state index < -0.39 is 16.8 Å². The molecule has 0 saturated heterocycles. The smallest absolute Gasteiger partial charge is 0.336 e. The van der Waals surface area contributed by atoms with Gasteiger partial charge in [0.1, 0.15) is 0 Å². The van der Waals surface area contributed by atoms with Crippen LogP contribution in [0, 0.1) is 10.1 Å². The summed E-state index contributed by atoms with van der Waals surface area (Å²) in [6.45, 7) is 4.47. The topological polar surface area (TPSA) is 115 Å². The zero-order chi connectivity index (χ0) is 23.3. The Labute approximate surface area is 185 Å². The molecule has 0 saturated carbocycles. The highest BCUT2D eigenvalue weighted by molar-refractivity contribution is 5.94. The van der Waals surface area contributed by atoms with Gasteiger partial charge < -0.3 is 15.0 Å². The Kier molecular flexibility index (Phi) is 6.99. The van der Waals surface area contributed by atoms with Gasteiger partial charge in [-0.2, -0.15) is 0 Å². The molecule has 0 spiro atoms. The lowest BCUT2D eigenvalue weighted by molar-refractivity contribution is -0.384. The summed E-state index contributed by atoms with van der Waals surface area (Å²) in [6.07, 6.45) is 4.96. The van der Waals surface area contributed by atoms with Crippen molar-refractivity contribution in [1.82, 2.24) is 15.2 Å². The summed E-state index contributed by atoms with van der Waals surface area (Å²) in [5.41, 5.74) is 2.98. The van der Waals surface area contributed by atoms with Crippen LogP contribution >= 0.6 is 0 Å². The Morgan fingerprint density at radius 3 is 2.69 bits per heavy atom. The minimum Gasteiger partial charge on any atom is -0.466 e. The zero-order valence-electron chi connectivity index (χ0n) is 18.1.